The Bertz CT molecular complexity index is 2970. The fourth-order valence-corrected chi connectivity index (χ4v) is 10.1. The van der Waals surface area contributed by atoms with Crippen LogP contribution < -0.4 is 31.9 Å². The van der Waals surface area contributed by atoms with Gasteiger partial charge >= 0.3 is 5.97 Å². The van der Waals surface area contributed by atoms with Crippen molar-refractivity contribution in [2.45, 2.75) is 89.3 Å². The number of halogens is 1. The molecule has 22 heteroatoms. The minimum absolute atomic E-state index is 0.0318. The number of benzene rings is 2. The van der Waals surface area contributed by atoms with Crippen LogP contribution in [0.2, 0.25) is 0 Å². The van der Waals surface area contributed by atoms with Crippen LogP contribution in [-0.2, 0) is 76.7 Å². The quantitative estimate of drug-likeness (QED) is 0.0314. The number of Topliss-reactive ketones (excluding diaryl/α,β-unsaturated/α-hetero) is 1. The summed E-state index contributed by atoms with van der Waals surface area (Å²) in [5.74, 6) is -6.74. The molecule has 5 aliphatic rings. The number of hydrogen-bond acceptors (Lipinski definition) is 14. The molecule has 3 heterocycles. The summed E-state index contributed by atoms with van der Waals surface area (Å²) in [5.41, 5.74) is 2.87. The highest BCUT2D eigenvalue weighted by atomic mass is 19.1. The molecule has 21 nitrogen and oxygen atoms in total. The summed E-state index contributed by atoms with van der Waals surface area (Å²) in [7, 11) is 0. The number of rotatable bonds is 22. The molecule has 4 atom stereocenters. The summed E-state index contributed by atoms with van der Waals surface area (Å²) in [5, 5.41) is 27.4. The Balaban J connectivity index is 0.801. The maximum Gasteiger partial charge on any atom is 0.343 e. The fraction of sp³-hybridized carbons (Fsp3) is 0.415. The summed E-state index contributed by atoms with van der Waals surface area (Å²) >= 11 is 0. The van der Waals surface area contributed by atoms with Gasteiger partial charge in [0.15, 0.2) is 11.4 Å². The van der Waals surface area contributed by atoms with Crippen molar-refractivity contribution in [1.29, 1.82) is 0 Å². The van der Waals surface area contributed by atoms with Crippen molar-refractivity contribution < 1.29 is 66.9 Å². The maximum atomic E-state index is 15.4. The van der Waals surface area contributed by atoms with E-state index in [9.17, 15) is 53.1 Å². The van der Waals surface area contributed by atoms with Crippen molar-refractivity contribution in [3.8, 4) is 0 Å². The Hall–Kier alpha value is -7.98. The first-order valence-electron chi connectivity index (χ1n) is 24.8. The van der Waals surface area contributed by atoms with Gasteiger partial charge in [0.05, 0.1) is 42.8 Å². The highest BCUT2D eigenvalue weighted by Gasteiger charge is 2.51. The minimum atomic E-state index is -2.03. The molecule has 0 saturated carbocycles. The van der Waals surface area contributed by atoms with Crippen LogP contribution in [0.25, 0.3) is 16.5 Å². The molecule has 1 unspecified atom stereocenters. The lowest BCUT2D eigenvalue weighted by Gasteiger charge is -2.35. The number of fused-ring (bicyclic) bond motifs is 4. The van der Waals surface area contributed by atoms with Crippen LogP contribution in [0.15, 0.2) is 65.8 Å². The highest BCUT2D eigenvalue weighted by molar-refractivity contribution is 6.13. The second kappa shape index (κ2) is 23.1. The number of hydrogen-bond donors (Lipinski definition) is 7. The van der Waals surface area contributed by atoms with Crippen molar-refractivity contribution in [3.05, 3.63) is 105 Å². The number of pyridine rings is 1. The smallest absolute Gasteiger partial charge is 0.343 e. The molecule has 0 saturated heterocycles. The molecule has 394 valence electrons. The van der Waals surface area contributed by atoms with Gasteiger partial charge in [-0.3, -0.25) is 48.1 Å². The van der Waals surface area contributed by atoms with Crippen molar-refractivity contribution in [3.63, 3.8) is 0 Å². The van der Waals surface area contributed by atoms with E-state index in [1.165, 1.54) is 18.2 Å². The van der Waals surface area contributed by atoms with Crippen molar-refractivity contribution in [2.75, 3.05) is 46.1 Å². The molecule has 0 spiro atoms. The number of aliphatic hydroxyl groups is 1. The third-order valence-electron chi connectivity index (χ3n) is 14.1. The number of ether oxygens (including phenoxy) is 2. The van der Waals surface area contributed by atoms with Crippen LogP contribution in [0.4, 0.5) is 4.39 Å². The van der Waals surface area contributed by atoms with E-state index in [0.29, 0.717) is 76.5 Å². The van der Waals surface area contributed by atoms with Gasteiger partial charge in [-0.1, -0.05) is 43.7 Å². The van der Waals surface area contributed by atoms with E-state index in [1.807, 2.05) is 0 Å². The van der Waals surface area contributed by atoms with E-state index in [1.54, 1.807) is 50.3 Å². The summed E-state index contributed by atoms with van der Waals surface area (Å²) in [6, 6.07) is 8.32. The number of carbonyl (C=O) groups is 10. The maximum absolute atomic E-state index is 15.4. The van der Waals surface area contributed by atoms with Gasteiger partial charge in [0.1, 0.15) is 31.8 Å². The first-order valence-corrected chi connectivity index (χ1v) is 24.8. The lowest BCUT2D eigenvalue weighted by molar-refractivity contribution is -0.163. The number of cyclic esters (lactones) is 1. The molecule has 1 aromatic heterocycles. The van der Waals surface area contributed by atoms with Gasteiger partial charge in [0.25, 0.3) is 11.8 Å². The number of nitrogens with one attached hydrogen (secondary N) is 6. The number of aromatic nitrogens is 1. The zero-order valence-corrected chi connectivity index (χ0v) is 41.4. The number of carbonyl (C=O) groups excluding carboxylic acids is 10. The SMILES string of the molecule is CC[C@@]1(O)C(=O)OCC2=C1C=C1c3nc4cc(F)c(C)c5c4c(c3CC1C2=O)[C@@H](NC(=O)COCNC(=O)CNC(=O)[C@H](Cc1ccccc1)NC(=O)CNC(=O)CNC(=O)CCCCCN1C(=O)C=CC1=O)CC5. The van der Waals surface area contributed by atoms with Crippen LogP contribution >= 0.6 is 0 Å². The van der Waals surface area contributed by atoms with Gasteiger partial charge in [-0.15, -0.1) is 0 Å². The molecule has 7 N–H and O–H groups in total. The molecule has 0 radical (unpaired) electrons. The van der Waals surface area contributed by atoms with Gasteiger partial charge in [0.2, 0.25) is 35.4 Å². The normalized spacial score (nSPS) is 19.6. The van der Waals surface area contributed by atoms with Crippen LogP contribution in [0.5, 0.6) is 0 Å². The van der Waals surface area contributed by atoms with E-state index in [-0.39, 0.29) is 67.6 Å². The number of nitrogens with zero attached hydrogens (tertiary/aromatic N) is 2. The van der Waals surface area contributed by atoms with E-state index >= 15 is 4.39 Å². The van der Waals surface area contributed by atoms with Gasteiger partial charge in [0, 0.05) is 54.1 Å². The average molecular weight is 1030 g/mol. The first kappa shape index (κ1) is 53.3. The molecule has 0 fully saturated rings. The number of aryl methyl sites for hydroxylation is 1. The topological polar surface area (TPSA) is 298 Å². The molecule has 3 aliphatic carbocycles. The summed E-state index contributed by atoms with van der Waals surface area (Å²) in [6.45, 7) is 0.920. The summed E-state index contributed by atoms with van der Waals surface area (Å²) in [4.78, 5) is 133. The third-order valence-corrected chi connectivity index (χ3v) is 14.1. The summed E-state index contributed by atoms with van der Waals surface area (Å²) < 4.78 is 26.1. The molecule has 2 aromatic carbocycles. The fourth-order valence-electron chi connectivity index (χ4n) is 10.1. The third kappa shape index (κ3) is 11.7. The Kier molecular flexibility index (Phi) is 16.4. The molecule has 8 amide bonds. The van der Waals surface area contributed by atoms with E-state index in [2.05, 4.69) is 31.9 Å². The van der Waals surface area contributed by atoms with Crippen molar-refractivity contribution in [2.24, 2.45) is 5.92 Å². The molecule has 3 aromatic rings. The van der Waals surface area contributed by atoms with Crippen molar-refractivity contribution >= 4 is 75.5 Å². The Morgan fingerprint density at radius 3 is 2.35 bits per heavy atom. The van der Waals surface area contributed by atoms with Gasteiger partial charge in [-0.2, -0.15) is 0 Å². The minimum Gasteiger partial charge on any atom is -0.458 e. The lowest BCUT2D eigenvalue weighted by atomic mass is 9.75. The van der Waals surface area contributed by atoms with Gasteiger partial charge < -0.3 is 46.5 Å². The predicted octanol–water partition coefficient (Wildman–Crippen LogP) is 0.571. The predicted molar refractivity (Wildman–Crippen MR) is 263 cm³/mol. The largest absolute Gasteiger partial charge is 0.458 e. The van der Waals surface area contributed by atoms with Crippen LogP contribution in [0.1, 0.15) is 85.0 Å². The van der Waals surface area contributed by atoms with Gasteiger partial charge in [-0.25, -0.2) is 14.2 Å². The van der Waals surface area contributed by atoms with Crippen LogP contribution in [0, 0.1) is 18.7 Å². The standard InChI is InChI=1S/C53H57FN8O13/c1-3-53(73)35-20-31-32(50(70)34(35)25-75-52(53)72)19-33-48-37(14-13-30-28(2)36(54)21-38(47(30)48)61-49(31)33)59-44(67)26-74-27-58-42(65)23-57-51(71)39(18-29-10-6-4-7-11-29)60-43(66)24-56-41(64)22-55-40(63)12-8-5-9-17-62-45(68)15-16-46(62)69/h4,6-7,10-11,15-16,20-21,32,37,39,73H,3,5,8-9,12-14,17-19,22-27H2,1-2H3,(H,55,63)(H,56,64)(H,57,71)(H,58,65)(H,59,67)(H,60,66)/t32?,37-,39-,53-/m0/s1. The molecule has 2 aliphatic heterocycles. The lowest BCUT2D eigenvalue weighted by Crippen LogP contribution is -2.52. The van der Waals surface area contributed by atoms with E-state index < -0.39 is 104 Å². The zero-order valence-electron chi connectivity index (χ0n) is 41.4. The number of allylic oxidation sites excluding steroid dienone is 1. The Morgan fingerprint density at radius 2 is 1.60 bits per heavy atom. The average Bonchev–Trinajstić information content (AvgIpc) is 3.97. The second-order valence-electron chi connectivity index (χ2n) is 18.9. The number of unbranched alkanes of at least 4 members (excludes halogenated alkanes) is 2. The number of amides is 8. The van der Waals surface area contributed by atoms with Crippen LogP contribution in [0.3, 0.4) is 0 Å². The number of esters is 1. The molecule has 75 heavy (non-hydrogen) atoms. The highest BCUT2D eigenvalue weighted by Crippen LogP contribution is 2.51. The second-order valence-corrected chi connectivity index (χ2v) is 18.9. The Labute approximate surface area is 429 Å². The first-order chi connectivity index (χ1) is 36.0. The number of imide groups is 1. The zero-order chi connectivity index (χ0) is 53.6. The number of ketones is 1. The summed E-state index contributed by atoms with van der Waals surface area (Å²) in [6.07, 6.45) is 6.73. The van der Waals surface area contributed by atoms with Crippen LogP contribution in [-0.4, -0.2) is 132 Å². The molecule has 0 bridgehead atoms. The van der Waals surface area contributed by atoms with Gasteiger partial charge in [-0.05, 0) is 84.9 Å². The van der Waals surface area contributed by atoms with E-state index in [0.717, 1.165) is 10.5 Å². The molecular weight excluding hydrogens is 976 g/mol. The molecule has 8 rings (SSSR count). The van der Waals surface area contributed by atoms with Crippen molar-refractivity contribution in [1.82, 2.24) is 41.8 Å². The molecular formula is C53H57FN8O13. The Morgan fingerprint density at radius 1 is 0.893 bits per heavy atom. The monoisotopic (exact) mass is 1030 g/mol. The van der Waals surface area contributed by atoms with E-state index in [4.69, 9.17) is 14.5 Å².